The Balaban J connectivity index is 1.70. The van der Waals surface area contributed by atoms with Crippen molar-refractivity contribution >= 4 is 17.4 Å². The Labute approximate surface area is 182 Å². The number of halogens is 1. The van der Waals surface area contributed by atoms with Crippen LogP contribution in [0.3, 0.4) is 0 Å². The highest BCUT2D eigenvalue weighted by atomic mass is 19.1. The van der Waals surface area contributed by atoms with Gasteiger partial charge in [0, 0.05) is 43.0 Å². The van der Waals surface area contributed by atoms with Gasteiger partial charge in [0.1, 0.15) is 5.69 Å². The average molecular weight is 420 g/mol. The number of Topliss-reactive ketones (excluding diaryl/α,β-unsaturated/α-hetero) is 1. The summed E-state index contributed by atoms with van der Waals surface area (Å²) in [7, 11) is 1.77. The second-order valence-electron chi connectivity index (χ2n) is 7.54. The third-order valence-corrected chi connectivity index (χ3v) is 5.42. The summed E-state index contributed by atoms with van der Waals surface area (Å²) in [5, 5.41) is 0. The monoisotopic (exact) mass is 419 g/mol. The van der Waals surface area contributed by atoms with E-state index in [0.717, 1.165) is 27.9 Å². The number of nitrogens with zero attached hydrogens (tertiary/aromatic N) is 3. The lowest BCUT2D eigenvalue weighted by atomic mass is 10.00. The fourth-order valence-electron chi connectivity index (χ4n) is 3.48. The van der Waals surface area contributed by atoms with Crippen molar-refractivity contribution < 1.29 is 14.0 Å². The number of anilines is 1. The highest BCUT2D eigenvalue weighted by Crippen LogP contribution is 2.27. The van der Waals surface area contributed by atoms with Crippen LogP contribution >= 0.6 is 0 Å². The molecule has 0 spiro atoms. The van der Waals surface area contributed by atoms with E-state index in [-0.39, 0.29) is 18.1 Å². The van der Waals surface area contributed by atoms with Gasteiger partial charge in [-0.2, -0.15) is 4.39 Å². The largest absolute Gasteiger partial charge is 0.316 e. The van der Waals surface area contributed by atoms with Gasteiger partial charge in [-0.1, -0.05) is 25.1 Å². The van der Waals surface area contributed by atoms with E-state index in [9.17, 15) is 14.0 Å². The van der Waals surface area contributed by atoms with Crippen molar-refractivity contribution in [1.29, 1.82) is 0 Å². The molecule has 6 heteroatoms. The minimum Gasteiger partial charge on any atom is -0.316 e. The SMILES string of the molecule is CCC(=O)N(C)c1ccc(-c2ccc(C(=O)CCc3ccc(F)nc3C)nc2)c(C)c1. The third kappa shape index (κ3) is 5.20. The highest BCUT2D eigenvalue weighted by Gasteiger charge is 2.13. The van der Waals surface area contributed by atoms with Crippen LogP contribution in [-0.4, -0.2) is 28.7 Å². The van der Waals surface area contributed by atoms with Gasteiger partial charge in [0.05, 0.1) is 0 Å². The molecule has 2 heterocycles. The van der Waals surface area contributed by atoms with Gasteiger partial charge in [-0.15, -0.1) is 0 Å². The number of aromatic nitrogens is 2. The van der Waals surface area contributed by atoms with Crippen molar-refractivity contribution in [1.82, 2.24) is 9.97 Å². The average Bonchev–Trinajstić information content (AvgIpc) is 2.77. The van der Waals surface area contributed by atoms with Gasteiger partial charge >= 0.3 is 0 Å². The van der Waals surface area contributed by atoms with Crippen LogP contribution in [0, 0.1) is 19.8 Å². The number of amides is 1. The lowest BCUT2D eigenvalue weighted by Gasteiger charge is -2.18. The molecule has 5 nitrogen and oxygen atoms in total. The lowest BCUT2D eigenvalue weighted by Crippen LogP contribution is -2.25. The molecule has 3 rings (SSSR count). The third-order valence-electron chi connectivity index (χ3n) is 5.42. The molecule has 31 heavy (non-hydrogen) atoms. The highest BCUT2D eigenvalue weighted by molar-refractivity contribution is 5.95. The summed E-state index contributed by atoms with van der Waals surface area (Å²) < 4.78 is 13.1. The Morgan fingerprint density at radius 2 is 1.84 bits per heavy atom. The van der Waals surface area contributed by atoms with Gasteiger partial charge in [-0.25, -0.2) is 4.98 Å². The van der Waals surface area contributed by atoms with Gasteiger partial charge < -0.3 is 4.90 Å². The molecule has 0 aliphatic heterocycles. The lowest BCUT2D eigenvalue weighted by molar-refractivity contribution is -0.118. The minimum atomic E-state index is -0.517. The smallest absolute Gasteiger partial charge is 0.226 e. The number of aryl methyl sites for hydroxylation is 3. The van der Waals surface area contributed by atoms with Crippen LogP contribution < -0.4 is 4.90 Å². The molecule has 0 unspecified atom stereocenters. The molecule has 3 aromatic rings. The maximum atomic E-state index is 13.1. The van der Waals surface area contributed by atoms with Crippen molar-refractivity contribution in [2.24, 2.45) is 0 Å². The van der Waals surface area contributed by atoms with E-state index in [0.29, 0.717) is 24.2 Å². The van der Waals surface area contributed by atoms with Crippen molar-refractivity contribution in [3.63, 3.8) is 0 Å². The molecule has 0 aliphatic carbocycles. The number of ketones is 1. The molecular formula is C25H26FN3O2. The Morgan fingerprint density at radius 1 is 1.06 bits per heavy atom. The predicted molar refractivity (Wildman–Crippen MR) is 120 cm³/mol. The maximum Gasteiger partial charge on any atom is 0.226 e. The first-order valence-electron chi connectivity index (χ1n) is 10.3. The molecule has 1 aromatic carbocycles. The standard InChI is InChI=1S/C25H26FN3O2/c1-5-25(31)29(4)20-9-10-21(16(2)14-20)19-6-11-22(27-15-19)23(30)12-7-18-8-13-24(26)28-17(18)3/h6,8-11,13-15H,5,7,12H2,1-4H3. The topological polar surface area (TPSA) is 63.2 Å². The van der Waals surface area contributed by atoms with Crippen LogP contribution in [0.1, 0.15) is 47.1 Å². The van der Waals surface area contributed by atoms with E-state index >= 15 is 0 Å². The second-order valence-corrected chi connectivity index (χ2v) is 7.54. The molecule has 0 aliphatic rings. The molecule has 0 radical (unpaired) electrons. The second kappa shape index (κ2) is 9.60. The van der Waals surface area contributed by atoms with Crippen LogP contribution in [0.4, 0.5) is 10.1 Å². The maximum absolute atomic E-state index is 13.1. The van der Waals surface area contributed by atoms with Gasteiger partial charge in [0.2, 0.25) is 11.9 Å². The van der Waals surface area contributed by atoms with Gasteiger partial charge in [-0.05, 0) is 61.2 Å². The summed E-state index contributed by atoms with van der Waals surface area (Å²) >= 11 is 0. The van der Waals surface area contributed by atoms with E-state index in [4.69, 9.17) is 0 Å². The first kappa shape index (κ1) is 22.3. The van der Waals surface area contributed by atoms with Crippen molar-refractivity contribution in [2.75, 3.05) is 11.9 Å². The van der Waals surface area contributed by atoms with Crippen molar-refractivity contribution in [3.8, 4) is 11.1 Å². The number of hydrogen-bond donors (Lipinski definition) is 0. The Kier molecular flexibility index (Phi) is 6.90. The summed E-state index contributed by atoms with van der Waals surface area (Å²) in [5.41, 5.74) is 5.63. The molecular weight excluding hydrogens is 393 g/mol. The predicted octanol–water partition coefficient (Wildman–Crippen LogP) is 5.09. The first-order valence-corrected chi connectivity index (χ1v) is 10.3. The molecule has 0 saturated heterocycles. The van der Waals surface area contributed by atoms with Crippen LogP contribution in [0.2, 0.25) is 0 Å². The number of pyridine rings is 2. The number of carbonyl (C=O) groups excluding carboxylic acids is 2. The number of hydrogen-bond acceptors (Lipinski definition) is 4. The van der Waals surface area contributed by atoms with Crippen molar-refractivity contribution in [3.05, 3.63) is 77.1 Å². The van der Waals surface area contributed by atoms with Crippen LogP contribution in [0.15, 0.2) is 48.7 Å². The Hall–Kier alpha value is -3.41. The quantitative estimate of drug-likeness (QED) is 0.395. The van der Waals surface area contributed by atoms with Crippen LogP contribution in [0.25, 0.3) is 11.1 Å². The van der Waals surface area contributed by atoms with E-state index in [1.807, 2.05) is 38.1 Å². The van der Waals surface area contributed by atoms with Crippen LogP contribution in [-0.2, 0) is 11.2 Å². The summed E-state index contributed by atoms with van der Waals surface area (Å²) in [4.78, 5) is 34.2. The Morgan fingerprint density at radius 3 is 2.45 bits per heavy atom. The van der Waals surface area contributed by atoms with Gasteiger partial charge in [0.15, 0.2) is 5.78 Å². The zero-order valence-corrected chi connectivity index (χ0v) is 18.3. The Bertz CT molecular complexity index is 1110. The zero-order valence-electron chi connectivity index (χ0n) is 18.3. The number of rotatable bonds is 7. The molecule has 160 valence electrons. The summed E-state index contributed by atoms with van der Waals surface area (Å²) in [6.45, 7) is 5.56. The fourth-order valence-corrected chi connectivity index (χ4v) is 3.48. The summed E-state index contributed by atoms with van der Waals surface area (Å²) in [6.07, 6.45) is 2.92. The van der Waals surface area contributed by atoms with E-state index in [1.165, 1.54) is 6.07 Å². The van der Waals surface area contributed by atoms with E-state index in [1.54, 1.807) is 37.2 Å². The molecule has 0 bridgehead atoms. The normalized spacial score (nSPS) is 10.7. The van der Waals surface area contributed by atoms with Crippen molar-refractivity contribution in [2.45, 2.75) is 40.0 Å². The first-order chi connectivity index (χ1) is 14.8. The van der Waals surface area contributed by atoms with E-state index < -0.39 is 5.95 Å². The summed E-state index contributed by atoms with van der Waals surface area (Å²) in [5.74, 6) is -0.526. The number of benzene rings is 1. The number of carbonyl (C=O) groups is 2. The molecule has 2 aromatic heterocycles. The minimum absolute atomic E-state index is 0.0586. The van der Waals surface area contributed by atoms with Crippen LogP contribution in [0.5, 0.6) is 0 Å². The molecule has 0 saturated carbocycles. The van der Waals surface area contributed by atoms with Gasteiger partial charge in [0.25, 0.3) is 0 Å². The molecule has 0 fully saturated rings. The molecule has 1 amide bonds. The summed E-state index contributed by atoms with van der Waals surface area (Å²) in [6, 6.07) is 12.4. The molecule has 0 atom stereocenters. The van der Waals surface area contributed by atoms with Gasteiger partial charge in [-0.3, -0.25) is 14.6 Å². The molecule has 0 N–H and O–H groups in total. The van der Waals surface area contributed by atoms with E-state index in [2.05, 4.69) is 9.97 Å². The zero-order chi connectivity index (χ0) is 22.5. The fraction of sp³-hybridized carbons (Fsp3) is 0.280.